The summed E-state index contributed by atoms with van der Waals surface area (Å²) in [6.45, 7) is 0.769. The molecule has 0 aliphatic carbocycles. The Hall–Kier alpha value is -0.170. The van der Waals surface area contributed by atoms with Gasteiger partial charge in [-0.3, -0.25) is 0 Å². The van der Waals surface area contributed by atoms with E-state index in [4.69, 9.17) is 16.3 Å². The topological polar surface area (TPSA) is 9.23 Å². The first kappa shape index (κ1) is 4.98. The molecule has 0 saturated heterocycles. The summed E-state index contributed by atoms with van der Waals surface area (Å²) in [7, 11) is 0. The Morgan fingerprint density at radius 3 is 2.86 bits per heavy atom. The van der Waals surface area contributed by atoms with E-state index in [1.54, 1.807) is 6.26 Å². The first-order valence-corrected chi connectivity index (χ1v) is 2.75. The number of halogens is 1. The highest BCUT2D eigenvalue weighted by Gasteiger charge is 2.01. The van der Waals surface area contributed by atoms with E-state index in [-0.39, 0.29) is 5.38 Å². The third kappa shape index (κ3) is 1.39. The highest BCUT2D eigenvalue weighted by molar-refractivity contribution is 6.21. The van der Waals surface area contributed by atoms with Crippen LogP contribution in [0.15, 0.2) is 12.3 Å². The molecule has 1 unspecified atom stereocenters. The normalized spacial score (nSPS) is 29.6. The monoisotopic (exact) mass is 118 g/mol. The van der Waals surface area contributed by atoms with Crippen LogP contribution in [0.5, 0.6) is 0 Å². The van der Waals surface area contributed by atoms with Crippen LogP contribution >= 0.6 is 11.6 Å². The van der Waals surface area contributed by atoms with Crippen LogP contribution in [0.25, 0.3) is 0 Å². The van der Waals surface area contributed by atoms with E-state index >= 15 is 0 Å². The Labute approximate surface area is 47.9 Å². The van der Waals surface area contributed by atoms with Gasteiger partial charge in [0, 0.05) is 6.42 Å². The molecule has 1 rings (SSSR count). The van der Waals surface area contributed by atoms with Crippen LogP contribution in [0.4, 0.5) is 0 Å². The summed E-state index contributed by atoms with van der Waals surface area (Å²) in [4.78, 5) is 0. The van der Waals surface area contributed by atoms with Crippen LogP contribution in [0.1, 0.15) is 6.42 Å². The maximum atomic E-state index is 5.65. The van der Waals surface area contributed by atoms with Crippen molar-refractivity contribution in [2.24, 2.45) is 0 Å². The Bertz CT molecular complexity index is 80.1. The third-order valence-corrected chi connectivity index (χ3v) is 1.26. The molecule has 0 saturated carbocycles. The lowest BCUT2D eigenvalue weighted by atomic mass is 10.3. The van der Waals surface area contributed by atoms with Crippen molar-refractivity contribution in [1.82, 2.24) is 0 Å². The highest BCUT2D eigenvalue weighted by Crippen LogP contribution is 2.08. The van der Waals surface area contributed by atoms with Crippen molar-refractivity contribution in [3.8, 4) is 0 Å². The van der Waals surface area contributed by atoms with Gasteiger partial charge in [0.1, 0.15) is 0 Å². The maximum Gasteiger partial charge on any atom is 0.0890 e. The number of hydrogen-bond donors (Lipinski definition) is 0. The molecule has 0 amide bonds. The van der Waals surface area contributed by atoms with E-state index in [2.05, 4.69) is 0 Å². The molecule has 2 heteroatoms. The SMILES string of the molecule is ClC1C=COCC1. The minimum Gasteiger partial charge on any atom is -0.501 e. The zero-order chi connectivity index (χ0) is 5.11. The zero-order valence-electron chi connectivity index (χ0n) is 3.93. The molecule has 0 aromatic rings. The lowest BCUT2D eigenvalue weighted by Crippen LogP contribution is -2.03. The molecule has 0 N–H and O–H groups in total. The van der Waals surface area contributed by atoms with Crippen molar-refractivity contribution in [1.29, 1.82) is 0 Å². The molecule has 7 heavy (non-hydrogen) atoms. The van der Waals surface area contributed by atoms with Crippen LogP contribution < -0.4 is 0 Å². The number of hydrogen-bond acceptors (Lipinski definition) is 1. The van der Waals surface area contributed by atoms with Gasteiger partial charge in [-0.1, -0.05) is 0 Å². The van der Waals surface area contributed by atoms with Gasteiger partial charge in [-0.15, -0.1) is 11.6 Å². The largest absolute Gasteiger partial charge is 0.501 e. The molecule has 0 radical (unpaired) electrons. The fraction of sp³-hybridized carbons (Fsp3) is 0.600. The van der Waals surface area contributed by atoms with Crippen molar-refractivity contribution < 1.29 is 4.74 Å². The first-order valence-electron chi connectivity index (χ1n) is 2.32. The molecule has 0 aromatic carbocycles. The molecular formula is C5H7ClO. The first-order chi connectivity index (χ1) is 3.39. The fourth-order valence-corrected chi connectivity index (χ4v) is 0.634. The lowest BCUT2D eigenvalue weighted by Gasteiger charge is -2.08. The summed E-state index contributed by atoms with van der Waals surface area (Å²) >= 11 is 5.65. The minimum atomic E-state index is 0.203. The predicted molar refractivity (Wildman–Crippen MR) is 29.3 cm³/mol. The van der Waals surface area contributed by atoms with Crippen LogP contribution in [0.3, 0.4) is 0 Å². The molecule has 0 bridgehead atoms. The summed E-state index contributed by atoms with van der Waals surface area (Å²) in [5.41, 5.74) is 0. The Morgan fingerprint density at radius 2 is 2.57 bits per heavy atom. The average molecular weight is 119 g/mol. The fourth-order valence-electron chi connectivity index (χ4n) is 0.486. The van der Waals surface area contributed by atoms with Crippen molar-refractivity contribution in [3.05, 3.63) is 12.3 Å². The second-order valence-electron chi connectivity index (χ2n) is 1.50. The van der Waals surface area contributed by atoms with E-state index in [0.717, 1.165) is 13.0 Å². The molecule has 0 fully saturated rings. The zero-order valence-corrected chi connectivity index (χ0v) is 4.69. The van der Waals surface area contributed by atoms with Crippen molar-refractivity contribution in [2.45, 2.75) is 11.8 Å². The van der Waals surface area contributed by atoms with E-state index < -0.39 is 0 Å². The highest BCUT2D eigenvalue weighted by atomic mass is 35.5. The Morgan fingerprint density at radius 1 is 1.71 bits per heavy atom. The third-order valence-electron chi connectivity index (χ3n) is 0.895. The van der Waals surface area contributed by atoms with Crippen LogP contribution in [0, 0.1) is 0 Å². The maximum absolute atomic E-state index is 5.65. The summed E-state index contributed by atoms with van der Waals surface area (Å²) < 4.78 is 4.87. The van der Waals surface area contributed by atoms with Gasteiger partial charge in [0.2, 0.25) is 0 Å². The van der Waals surface area contributed by atoms with E-state index in [1.807, 2.05) is 6.08 Å². The van der Waals surface area contributed by atoms with Crippen molar-refractivity contribution in [3.63, 3.8) is 0 Å². The number of allylic oxidation sites excluding steroid dienone is 1. The molecule has 1 atom stereocenters. The molecule has 1 nitrogen and oxygen atoms in total. The van der Waals surface area contributed by atoms with Gasteiger partial charge in [-0.2, -0.15) is 0 Å². The van der Waals surface area contributed by atoms with Gasteiger partial charge < -0.3 is 4.74 Å². The van der Waals surface area contributed by atoms with Gasteiger partial charge in [-0.05, 0) is 6.08 Å². The number of alkyl halides is 1. The summed E-state index contributed by atoms with van der Waals surface area (Å²) in [6.07, 6.45) is 4.45. The molecule has 0 spiro atoms. The average Bonchev–Trinajstić information content (AvgIpc) is 1.69. The summed E-state index contributed by atoms with van der Waals surface area (Å²) in [6, 6.07) is 0. The van der Waals surface area contributed by atoms with Crippen molar-refractivity contribution in [2.75, 3.05) is 6.61 Å². The Balaban J connectivity index is 2.36. The van der Waals surface area contributed by atoms with Crippen LogP contribution in [-0.4, -0.2) is 12.0 Å². The second kappa shape index (κ2) is 2.22. The number of ether oxygens (including phenoxy) is 1. The minimum absolute atomic E-state index is 0.203. The molecule has 1 heterocycles. The standard InChI is InChI=1S/C5H7ClO/c6-5-1-3-7-4-2-5/h1,3,5H,2,4H2. The molecule has 1 aliphatic rings. The van der Waals surface area contributed by atoms with Crippen LogP contribution in [0.2, 0.25) is 0 Å². The van der Waals surface area contributed by atoms with Gasteiger partial charge >= 0.3 is 0 Å². The van der Waals surface area contributed by atoms with Crippen molar-refractivity contribution >= 4 is 11.6 Å². The molecular weight excluding hydrogens is 112 g/mol. The van der Waals surface area contributed by atoms with Gasteiger partial charge in [0.15, 0.2) is 0 Å². The molecule has 1 aliphatic heterocycles. The molecule has 0 aromatic heterocycles. The lowest BCUT2D eigenvalue weighted by molar-refractivity contribution is 0.232. The second-order valence-corrected chi connectivity index (χ2v) is 2.06. The number of rotatable bonds is 0. The Kier molecular flexibility index (Phi) is 1.58. The van der Waals surface area contributed by atoms with Gasteiger partial charge in [-0.25, -0.2) is 0 Å². The predicted octanol–water partition coefficient (Wildman–Crippen LogP) is 1.53. The molecule has 40 valence electrons. The summed E-state index contributed by atoms with van der Waals surface area (Å²) in [5, 5.41) is 0.203. The van der Waals surface area contributed by atoms with E-state index in [0.29, 0.717) is 0 Å². The summed E-state index contributed by atoms with van der Waals surface area (Å²) in [5.74, 6) is 0. The van der Waals surface area contributed by atoms with Crippen LogP contribution in [-0.2, 0) is 4.74 Å². The van der Waals surface area contributed by atoms with E-state index in [1.165, 1.54) is 0 Å². The smallest absolute Gasteiger partial charge is 0.0890 e. The van der Waals surface area contributed by atoms with Gasteiger partial charge in [0.25, 0.3) is 0 Å². The van der Waals surface area contributed by atoms with Gasteiger partial charge in [0.05, 0.1) is 18.2 Å². The quantitative estimate of drug-likeness (QED) is 0.439. The van der Waals surface area contributed by atoms with E-state index in [9.17, 15) is 0 Å².